The van der Waals surface area contributed by atoms with Gasteiger partial charge in [0.1, 0.15) is 0 Å². The van der Waals surface area contributed by atoms with Gasteiger partial charge in [0.2, 0.25) is 0 Å². The van der Waals surface area contributed by atoms with Gasteiger partial charge in [-0.1, -0.05) is 24.3 Å². The summed E-state index contributed by atoms with van der Waals surface area (Å²) in [4.78, 5) is 2.66. The Morgan fingerprint density at radius 3 is 2.89 bits per heavy atom. The highest BCUT2D eigenvalue weighted by Gasteiger charge is 2.36. The Kier molecular flexibility index (Phi) is 3.40. The van der Waals surface area contributed by atoms with Crippen molar-refractivity contribution in [3.8, 4) is 0 Å². The maximum absolute atomic E-state index is 3.69. The predicted molar refractivity (Wildman–Crippen MR) is 75.7 cm³/mol. The number of aryl methyl sites for hydroxylation is 1. The van der Waals surface area contributed by atoms with Crippen molar-refractivity contribution in [2.45, 2.75) is 38.8 Å². The fourth-order valence-corrected chi connectivity index (χ4v) is 3.65. The van der Waals surface area contributed by atoms with Crippen LogP contribution >= 0.6 is 0 Å². The van der Waals surface area contributed by atoms with Crippen molar-refractivity contribution in [3.05, 3.63) is 35.4 Å². The van der Waals surface area contributed by atoms with Crippen LogP contribution in [0.25, 0.3) is 0 Å². The van der Waals surface area contributed by atoms with Gasteiger partial charge in [-0.2, -0.15) is 0 Å². The Morgan fingerprint density at radius 2 is 2.11 bits per heavy atom. The number of benzene rings is 1. The average molecular weight is 244 g/mol. The number of likely N-dealkylation sites (tertiary alicyclic amines) is 1. The summed E-state index contributed by atoms with van der Waals surface area (Å²) in [7, 11) is 0. The van der Waals surface area contributed by atoms with E-state index in [9.17, 15) is 0 Å². The molecule has 3 atom stereocenters. The largest absolute Gasteiger partial charge is 0.312 e. The molecule has 2 heteroatoms. The molecule has 0 saturated carbocycles. The molecule has 2 saturated heterocycles. The van der Waals surface area contributed by atoms with Gasteiger partial charge in [0.05, 0.1) is 0 Å². The summed E-state index contributed by atoms with van der Waals surface area (Å²) in [6, 6.07) is 10.1. The molecule has 18 heavy (non-hydrogen) atoms. The van der Waals surface area contributed by atoms with E-state index in [0.29, 0.717) is 6.04 Å². The highest BCUT2D eigenvalue weighted by molar-refractivity contribution is 5.28. The number of nitrogens with one attached hydrogen (secondary N) is 1. The van der Waals surface area contributed by atoms with Crippen LogP contribution < -0.4 is 5.32 Å². The summed E-state index contributed by atoms with van der Waals surface area (Å²) >= 11 is 0. The van der Waals surface area contributed by atoms with Crippen LogP contribution in [-0.4, -0.2) is 30.6 Å². The predicted octanol–water partition coefficient (Wildman–Crippen LogP) is 2.74. The third-order valence-electron chi connectivity index (χ3n) is 4.81. The average Bonchev–Trinajstić information content (AvgIpc) is 2.82. The standard InChI is InChI=1S/C16H24N2/c1-12-6-3-4-8-15(12)13(2)18-10-14-7-5-9-17-16(14)11-18/h3-4,6,8,13-14,16-17H,5,7,9-11H2,1-2H3/t13?,14-,16+/m0/s1. The van der Waals surface area contributed by atoms with E-state index >= 15 is 0 Å². The smallest absolute Gasteiger partial charge is 0.0323 e. The molecule has 0 aromatic heterocycles. The molecule has 2 aliphatic heterocycles. The molecule has 1 N–H and O–H groups in total. The number of hydrogen-bond acceptors (Lipinski definition) is 2. The quantitative estimate of drug-likeness (QED) is 0.860. The molecule has 3 rings (SSSR count). The fourth-order valence-electron chi connectivity index (χ4n) is 3.65. The molecule has 0 aliphatic carbocycles. The van der Waals surface area contributed by atoms with Crippen molar-refractivity contribution in [3.63, 3.8) is 0 Å². The molecule has 2 heterocycles. The van der Waals surface area contributed by atoms with Gasteiger partial charge in [-0.25, -0.2) is 0 Å². The zero-order chi connectivity index (χ0) is 12.5. The lowest BCUT2D eigenvalue weighted by Gasteiger charge is -2.26. The second-order valence-corrected chi connectivity index (χ2v) is 5.95. The summed E-state index contributed by atoms with van der Waals surface area (Å²) in [5.41, 5.74) is 2.92. The number of fused-ring (bicyclic) bond motifs is 1. The van der Waals surface area contributed by atoms with Crippen LogP contribution in [0.5, 0.6) is 0 Å². The lowest BCUT2D eigenvalue weighted by Crippen LogP contribution is -2.40. The van der Waals surface area contributed by atoms with E-state index in [1.54, 1.807) is 0 Å². The molecule has 1 aromatic carbocycles. The number of nitrogens with zero attached hydrogens (tertiary/aromatic N) is 1. The van der Waals surface area contributed by atoms with E-state index in [4.69, 9.17) is 0 Å². The summed E-state index contributed by atoms with van der Waals surface area (Å²) in [5.74, 6) is 0.880. The summed E-state index contributed by atoms with van der Waals surface area (Å²) < 4.78 is 0. The Morgan fingerprint density at radius 1 is 1.28 bits per heavy atom. The van der Waals surface area contributed by atoms with Crippen molar-refractivity contribution in [2.75, 3.05) is 19.6 Å². The van der Waals surface area contributed by atoms with Crippen LogP contribution in [0, 0.1) is 12.8 Å². The molecule has 2 nitrogen and oxygen atoms in total. The maximum Gasteiger partial charge on any atom is 0.0323 e. The first-order chi connectivity index (χ1) is 8.75. The SMILES string of the molecule is Cc1ccccc1C(C)N1C[C@@H]2CCCN[C@@H]2C1. The van der Waals surface area contributed by atoms with Crippen molar-refractivity contribution in [2.24, 2.45) is 5.92 Å². The van der Waals surface area contributed by atoms with Crippen molar-refractivity contribution >= 4 is 0 Å². The van der Waals surface area contributed by atoms with Crippen LogP contribution in [0.15, 0.2) is 24.3 Å². The number of hydrogen-bond donors (Lipinski definition) is 1. The van der Waals surface area contributed by atoms with Crippen molar-refractivity contribution in [1.29, 1.82) is 0 Å². The van der Waals surface area contributed by atoms with Crippen molar-refractivity contribution in [1.82, 2.24) is 10.2 Å². The van der Waals surface area contributed by atoms with Crippen LogP contribution in [0.4, 0.5) is 0 Å². The Balaban J connectivity index is 1.74. The highest BCUT2D eigenvalue weighted by atomic mass is 15.2. The molecule has 98 valence electrons. The first kappa shape index (κ1) is 12.2. The second-order valence-electron chi connectivity index (χ2n) is 5.95. The molecule has 1 unspecified atom stereocenters. The van der Waals surface area contributed by atoms with Gasteiger partial charge in [0, 0.05) is 25.2 Å². The minimum Gasteiger partial charge on any atom is -0.312 e. The summed E-state index contributed by atoms with van der Waals surface area (Å²) in [6.07, 6.45) is 2.77. The van der Waals surface area contributed by atoms with Crippen LogP contribution in [-0.2, 0) is 0 Å². The molecule has 0 spiro atoms. The lowest BCUT2D eigenvalue weighted by atomic mass is 9.94. The maximum atomic E-state index is 3.69. The van der Waals surface area contributed by atoms with Gasteiger partial charge in [0.15, 0.2) is 0 Å². The summed E-state index contributed by atoms with van der Waals surface area (Å²) in [6.45, 7) is 8.30. The van der Waals surface area contributed by atoms with E-state index in [2.05, 4.69) is 48.3 Å². The van der Waals surface area contributed by atoms with Gasteiger partial charge < -0.3 is 5.32 Å². The van der Waals surface area contributed by atoms with E-state index in [-0.39, 0.29) is 0 Å². The third-order valence-corrected chi connectivity index (χ3v) is 4.81. The van der Waals surface area contributed by atoms with E-state index in [0.717, 1.165) is 12.0 Å². The van der Waals surface area contributed by atoms with Gasteiger partial charge in [0.25, 0.3) is 0 Å². The number of rotatable bonds is 2. The van der Waals surface area contributed by atoms with Crippen LogP contribution in [0.3, 0.4) is 0 Å². The topological polar surface area (TPSA) is 15.3 Å². The van der Waals surface area contributed by atoms with Gasteiger partial charge in [-0.05, 0) is 50.3 Å². The minimum absolute atomic E-state index is 0.554. The van der Waals surface area contributed by atoms with Crippen molar-refractivity contribution < 1.29 is 0 Å². The summed E-state index contributed by atoms with van der Waals surface area (Å²) in [5, 5.41) is 3.69. The molecule has 0 bridgehead atoms. The third kappa shape index (κ3) is 2.19. The van der Waals surface area contributed by atoms with Gasteiger partial charge in [-0.15, -0.1) is 0 Å². The molecule has 0 radical (unpaired) electrons. The van der Waals surface area contributed by atoms with E-state index < -0.39 is 0 Å². The van der Waals surface area contributed by atoms with Crippen LogP contribution in [0.1, 0.15) is 36.9 Å². The monoisotopic (exact) mass is 244 g/mol. The Hall–Kier alpha value is -0.860. The zero-order valence-corrected chi connectivity index (χ0v) is 11.5. The fraction of sp³-hybridized carbons (Fsp3) is 0.625. The van der Waals surface area contributed by atoms with Gasteiger partial charge in [-0.3, -0.25) is 4.90 Å². The molecule has 1 aromatic rings. The second kappa shape index (κ2) is 5.02. The van der Waals surface area contributed by atoms with E-state index in [1.807, 2.05) is 0 Å². The normalized spacial score (nSPS) is 30.1. The van der Waals surface area contributed by atoms with Crippen LogP contribution in [0.2, 0.25) is 0 Å². The molecular formula is C16H24N2. The highest BCUT2D eigenvalue weighted by Crippen LogP contribution is 2.32. The molecular weight excluding hydrogens is 220 g/mol. The first-order valence-electron chi connectivity index (χ1n) is 7.28. The number of piperidine rings is 1. The Bertz CT molecular complexity index is 401. The zero-order valence-electron chi connectivity index (χ0n) is 11.5. The Labute approximate surface area is 110 Å². The molecule has 0 amide bonds. The minimum atomic E-state index is 0.554. The first-order valence-corrected chi connectivity index (χ1v) is 7.28. The van der Waals surface area contributed by atoms with E-state index in [1.165, 1.54) is 43.6 Å². The lowest BCUT2D eigenvalue weighted by molar-refractivity contribution is 0.250. The molecule has 2 aliphatic rings. The van der Waals surface area contributed by atoms with Gasteiger partial charge >= 0.3 is 0 Å². The molecule has 2 fully saturated rings.